The molecule has 0 aromatic heterocycles. The minimum absolute atomic E-state index is 0.222. The Bertz CT molecular complexity index is 1570. The monoisotopic (exact) mass is 557 g/mol. The number of halogens is 1. The van der Waals surface area contributed by atoms with E-state index in [0.29, 0.717) is 38.9 Å². The molecule has 0 heterocycles. The van der Waals surface area contributed by atoms with Gasteiger partial charge >= 0.3 is 5.97 Å². The van der Waals surface area contributed by atoms with Crippen molar-refractivity contribution >= 4 is 41.3 Å². The van der Waals surface area contributed by atoms with Crippen molar-refractivity contribution in [1.29, 1.82) is 0 Å². The summed E-state index contributed by atoms with van der Waals surface area (Å²) in [6, 6.07) is 24.4. The normalized spacial score (nSPS) is 10.6. The number of amides is 2. The smallest absolute Gasteiger partial charge is 0.343 e. The number of rotatable bonds is 9. The zero-order valence-corrected chi connectivity index (χ0v) is 22.3. The minimum Gasteiger partial charge on any atom is -0.497 e. The number of anilines is 1. The summed E-state index contributed by atoms with van der Waals surface area (Å²) in [7, 11) is 2.98. The summed E-state index contributed by atoms with van der Waals surface area (Å²) < 4.78 is 15.9. The number of hydrogen-bond acceptors (Lipinski definition) is 7. The third-order valence-corrected chi connectivity index (χ3v) is 5.93. The molecule has 2 amide bonds. The van der Waals surface area contributed by atoms with Crippen LogP contribution in [0.15, 0.2) is 96.1 Å². The lowest BCUT2D eigenvalue weighted by Gasteiger charge is -2.10. The number of carbonyl (C=O) groups is 3. The Labute approximate surface area is 235 Å². The molecule has 0 aliphatic heterocycles. The predicted molar refractivity (Wildman–Crippen MR) is 152 cm³/mol. The summed E-state index contributed by atoms with van der Waals surface area (Å²) in [5, 5.41) is 7.04. The van der Waals surface area contributed by atoms with Crippen LogP contribution in [0.2, 0.25) is 5.02 Å². The van der Waals surface area contributed by atoms with Gasteiger partial charge in [-0.05, 0) is 78.4 Å². The van der Waals surface area contributed by atoms with Gasteiger partial charge < -0.3 is 19.5 Å². The maximum atomic E-state index is 12.6. The Morgan fingerprint density at radius 1 is 0.775 bits per heavy atom. The van der Waals surface area contributed by atoms with Gasteiger partial charge in [0.25, 0.3) is 11.8 Å². The number of carbonyl (C=O) groups excluding carboxylic acids is 3. The van der Waals surface area contributed by atoms with Crippen LogP contribution in [0.1, 0.15) is 36.6 Å². The Morgan fingerprint density at radius 3 is 2.27 bits per heavy atom. The molecule has 0 unspecified atom stereocenters. The SMILES string of the molecule is COc1ccc(C(=O)Oc2ccc(C=NNC(=O)c3cccc(NC(=O)c4ccccc4Cl)c3)cc2OC)cc1. The third kappa shape index (κ3) is 7.03. The lowest BCUT2D eigenvalue weighted by Crippen LogP contribution is -2.18. The summed E-state index contributed by atoms with van der Waals surface area (Å²) in [6.07, 6.45) is 1.42. The van der Waals surface area contributed by atoms with E-state index in [1.54, 1.807) is 84.9 Å². The molecule has 4 rings (SSSR count). The number of benzene rings is 4. The Balaban J connectivity index is 1.37. The van der Waals surface area contributed by atoms with E-state index in [-0.39, 0.29) is 11.3 Å². The highest BCUT2D eigenvalue weighted by molar-refractivity contribution is 6.34. The lowest BCUT2D eigenvalue weighted by atomic mass is 10.1. The standard InChI is InChI=1S/C30H24ClN3O6/c1-38-23-13-11-20(12-14-23)30(37)40-26-15-10-19(16-27(26)39-2)18-32-34-28(35)21-6-5-7-22(17-21)33-29(36)24-8-3-4-9-25(24)31/h3-18H,1-2H3,(H,33,36)(H,34,35). The first-order valence-corrected chi connectivity index (χ1v) is 12.3. The van der Waals surface area contributed by atoms with Crippen molar-refractivity contribution in [3.05, 3.63) is 118 Å². The van der Waals surface area contributed by atoms with Crippen LogP contribution in [0.3, 0.4) is 0 Å². The van der Waals surface area contributed by atoms with Crippen molar-refractivity contribution in [2.75, 3.05) is 19.5 Å². The number of nitrogens with zero attached hydrogens (tertiary/aromatic N) is 1. The van der Waals surface area contributed by atoms with Crippen molar-refractivity contribution < 1.29 is 28.6 Å². The molecule has 0 radical (unpaired) electrons. The van der Waals surface area contributed by atoms with E-state index in [2.05, 4.69) is 15.8 Å². The van der Waals surface area contributed by atoms with E-state index in [4.69, 9.17) is 25.8 Å². The number of esters is 1. The largest absolute Gasteiger partial charge is 0.497 e. The highest BCUT2D eigenvalue weighted by atomic mass is 35.5. The number of hydrogen-bond donors (Lipinski definition) is 2. The second kappa shape index (κ2) is 13.1. The average Bonchev–Trinajstić information content (AvgIpc) is 2.98. The molecule has 9 nitrogen and oxygen atoms in total. The molecule has 0 aliphatic rings. The first-order chi connectivity index (χ1) is 19.4. The van der Waals surface area contributed by atoms with Gasteiger partial charge in [-0.25, -0.2) is 10.2 Å². The maximum absolute atomic E-state index is 12.6. The van der Waals surface area contributed by atoms with Crippen LogP contribution in [0.4, 0.5) is 5.69 Å². The Morgan fingerprint density at radius 2 is 1.55 bits per heavy atom. The molecule has 202 valence electrons. The molecule has 0 bridgehead atoms. The molecule has 0 saturated heterocycles. The second-order valence-corrected chi connectivity index (χ2v) is 8.65. The summed E-state index contributed by atoms with van der Waals surface area (Å²) in [6.45, 7) is 0. The third-order valence-electron chi connectivity index (χ3n) is 5.60. The number of hydrazone groups is 1. The van der Waals surface area contributed by atoms with Crippen molar-refractivity contribution in [1.82, 2.24) is 5.43 Å². The van der Waals surface area contributed by atoms with Gasteiger partial charge in [0.05, 0.1) is 36.6 Å². The highest BCUT2D eigenvalue weighted by Gasteiger charge is 2.14. The topological polar surface area (TPSA) is 115 Å². The molecule has 0 atom stereocenters. The summed E-state index contributed by atoms with van der Waals surface area (Å²) in [5.41, 5.74) is 4.41. The van der Waals surface area contributed by atoms with Gasteiger partial charge in [-0.3, -0.25) is 9.59 Å². The van der Waals surface area contributed by atoms with E-state index < -0.39 is 17.8 Å². The molecular weight excluding hydrogens is 534 g/mol. The molecule has 0 aliphatic carbocycles. The number of nitrogens with one attached hydrogen (secondary N) is 2. The van der Waals surface area contributed by atoms with Gasteiger partial charge in [-0.1, -0.05) is 29.8 Å². The first-order valence-electron chi connectivity index (χ1n) is 11.9. The zero-order valence-electron chi connectivity index (χ0n) is 21.5. The van der Waals surface area contributed by atoms with Crippen LogP contribution < -0.4 is 25.0 Å². The average molecular weight is 558 g/mol. The molecule has 4 aromatic rings. The minimum atomic E-state index is -0.556. The molecule has 2 N–H and O–H groups in total. The van der Waals surface area contributed by atoms with Crippen molar-refractivity contribution in [2.24, 2.45) is 5.10 Å². The van der Waals surface area contributed by atoms with Crippen molar-refractivity contribution in [3.8, 4) is 17.2 Å². The van der Waals surface area contributed by atoms with Crippen LogP contribution in [0.5, 0.6) is 17.2 Å². The van der Waals surface area contributed by atoms with Gasteiger partial charge in [0.15, 0.2) is 11.5 Å². The number of methoxy groups -OCH3 is 2. The van der Waals surface area contributed by atoms with Gasteiger partial charge in [0.2, 0.25) is 0 Å². The maximum Gasteiger partial charge on any atom is 0.343 e. The fraction of sp³-hybridized carbons (Fsp3) is 0.0667. The van der Waals surface area contributed by atoms with Gasteiger partial charge in [-0.2, -0.15) is 5.10 Å². The van der Waals surface area contributed by atoms with Crippen molar-refractivity contribution in [2.45, 2.75) is 0 Å². The quantitative estimate of drug-likeness (QED) is 0.120. The Hall–Kier alpha value is -5.15. The van der Waals surface area contributed by atoms with Crippen LogP contribution in [-0.2, 0) is 0 Å². The highest BCUT2D eigenvalue weighted by Crippen LogP contribution is 2.28. The fourth-order valence-corrected chi connectivity index (χ4v) is 3.77. The van der Waals surface area contributed by atoms with Crippen LogP contribution in [0, 0.1) is 0 Å². The second-order valence-electron chi connectivity index (χ2n) is 8.24. The van der Waals surface area contributed by atoms with E-state index >= 15 is 0 Å². The molecule has 4 aromatic carbocycles. The van der Waals surface area contributed by atoms with Crippen LogP contribution in [-0.4, -0.2) is 38.2 Å². The Kier molecular flexibility index (Phi) is 9.11. The van der Waals surface area contributed by atoms with Gasteiger partial charge in [0.1, 0.15) is 5.75 Å². The van der Waals surface area contributed by atoms with Crippen LogP contribution in [0.25, 0.3) is 0 Å². The lowest BCUT2D eigenvalue weighted by molar-refractivity contribution is 0.0729. The van der Waals surface area contributed by atoms with Crippen LogP contribution >= 0.6 is 11.6 Å². The van der Waals surface area contributed by atoms with E-state index in [0.717, 1.165) is 0 Å². The van der Waals surface area contributed by atoms with Gasteiger partial charge in [-0.15, -0.1) is 0 Å². The molecule has 0 fully saturated rings. The molecule has 0 spiro atoms. The molecular formula is C30H24ClN3O6. The van der Waals surface area contributed by atoms with Gasteiger partial charge in [0, 0.05) is 11.3 Å². The van der Waals surface area contributed by atoms with E-state index in [1.807, 2.05) is 0 Å². The summed E-state index contributed by atoms with van der Waals surface area (Å²) >= 11 is 6.08. The van der Waals surface area contributed by atoms with E-state index in [1.165, 1.54) is 26.5 Å². The fourth-order valence-electron chi connectivity index (χ4n) is 3.55. The molecule has 0 saturated carbocycles. The predicted octanol–water partition coefficient (Wildman–Crippen LogP) is 5.59. The summed E-state index contributed by atoms with van der Waals surface area (Å²) in [4.78, 5) is 37.6. The molecule has 10 heteroatoms. The molecule has 40 heavy (non-hydrogen) atoms. The zero-order chi connectivity index (χ0) is 28.5. The van der Waals surface area contributed by atoms with E-state index in [9.17, 15) is 14.4 Å². The number of ether oxygens (including phenoxy) is 3. The van der Waals surface area contributed by atoms with Crippen molar-refractivity contribution in [3.63, 3.8) is 0 Å². The first kappa shape index (κ1) is 27.9. The summed E-state index contributed by atoms with van der Waals surface area (Å²) in [5.74, 6) is -0.285.